The summed E-state index contributed by atoms with van der Waals surface area (Å²) in [6.45, 7) is 6.91. The lowest BCUT2D eigenvalue weighted by Crippen LogP contribution is -2.00. The third-order valence-electron chi connectivity index (χ3n) is 1.59. The lowest BCUT2D eigenvalue weighted by molar-refractivity contribution is 0.649. The van der Waals surface area contributed by atoms with Gasteiger partial charge in [0.15, 0.2) is 0 Å². The molecule has 1 rings (SSSR count). The predicted octanol–water partition coefficient (Wildman–Crippen LogP) is 2.02. The molecular formula is C9H14N2. The van der Waals surface area contributed by atoms with Gasteiger partial charge in [-0.05, 0) is 6.42 Å². The van der Waals surface area contributed by atoms with E-state index in [1.165, 1.54) is 0 Å². The average molecular weight is 150 g/mol. The molecule has 1 aromatic heterocycles. The van der Waals surface area contributed by atoms with E-state index in [2.05, 4.69) is 23.1 Å². The number of allylic oxidation sites excluding steroid dienone is 1. The second-order valence-corrected chi connectivity index (χ2v) is 2.53. The van der Waals surface area contributed by atoms with Crippen LogP contribution in [-0.4, -0.2) is 9.55 Å². The van der Waals surface area contributed by atoms with E-state index >= 15 is 0 Å². The van der Waals surface area contributed by atoms with Crippen molar-refractivity contribution in [1.82, 2.24) is 9.55 Å². The summed E-state index contributed by atoms with van der Waals surface area (Å²) in [5.41, 5.74) is 0. The summed E-state index contributed by atoms with van der Waals surface area (Å²) in [4.78, 5) is 4.22. The van der Waals surface area contributed by atoms with Crippen LogP contribution in [0.3, 0.4) is 0 Å². The van der Waals surface area contributed by atoms with Crippen LogP contribution < -0.4 is 0 Å². The van der Waals surface area contributed by atoms with Gasteiger partial charge >= 0.3 is 0 Å². The molecule has 0 N–H and O–H groups in total. The monoisotopic (exact) mass is 150 g/mol. The molecule has 0 aliphatic heterocycles. The van der Waals surface area contributed by atoms with Gasteiger partial charge < -0.3 is 4.57 Å². The van der Waals surface area contributed by atoms with E-state index in [4.69, 9.17) is 0 Å². The zero-order valence-electron chi connectivity index (χ0n) is 6.95. The van der Waals surface area contributed by atoms with Crippen molar-refractivity contribution in [3.63, 3.8) is 0 Å². The van der Waals surface area contributed by atoms with E-state index in [0.29, 0.717) is 0 Å². The minimum Gasteiger partial charge on any atom is -0.335 e. The number of rotatable bonds is 4. The smallest absolute Gasteiger partial charge is 0.112 e. The molecule has 1 heterocycles. The second-order valence-electron chi connectivity index (χ2n) is 2.53. The highest BCUT2D eigenvalue weighted by Crippen LogP contribution is 2.00. The molecule has 0 saturated heterocycles. The van der Waals surface area contributed by atoms with Crippen molar-refractivity contribution in [3.05, 3.63) is 30.9 Å². The number of imidazole rings is 1. The number of aryl methyl sites for hydroxylation is 1. The normalized spacial score (nSPS) is 9.91. The highest BCUT2D eigenvalue weighted by molar-refractivity contribution is 4.97. The standard InChI is InChI=1S/C9H14N2/c1-3-5-9-10-6-8-11(9)7-4-2/h3,6,8H,1,4-5,7H2,2H3. The average Bonchev–Trinajstić information content (AvgIpc) is 2.39. The highest BCUT2D eigenvalue weighted by atomic mass is 15.1. The van der Waals surface area contributed by atoms with Crippen molar-refractivity contribution < 1.29 is 0 Å². The Morgan fingerprint density at radius 1 is 1.73 bits per heavy atom. The van der Waals surface area contributed by atoms with Gasteiger partial charge in [-0.3, -0.25) is 0 Å². The van der Waals surface area contributed by atoms with Crippen LogP contribution in [0, 0.1) is 0 Å². The summed E-state index contributed by atoms with van der Waals surface area (Å²) in [5, 5.41) is 0. The molecule has 11 heavy (non-hydrogen) atoms. The van der Waals surface area contributed by atoms with Gasteiger partial charge in [0.25, 0.3) is 0 Å². The van der Waals surface area contributed by atoms with Crippen LogP contribution in [0.4, 0.5) is 0 Å². The fourth-order valence-corrected chi connectivity index (χ4v) is 1.10. The quantitative estimate of drug-likeness (QED) is 0.600. The molecule has 0 unspecified atom stereocenters. The van der Waals surface area contributed by atoms with E-state index in [1.807, 2.05) is 18.5 Å². The molecule has 0 amide bonds. The van der Waals surface area contributed by atoms with Gasteiger partial charge in [0.05, 0.1) is 0 Å². The Balaban J connectivity index is 2.69. The summed E-state index contributed by atoms with van der Waals surface area (Å²) >= 11 is 0. The maximum absolute atomic E-state index is 4.22. The zero-order valence-corrected chi connectivity index (χ0v) is 6.95. The Morgan fingerprint density at radius 3 is 3.18 bits per heavy atom. The molecule has 0 bridgehead atoms. The third-order valence-corrected chi connectivity index (χ3v) is 1.59. The van der Waals surface area contributed by atoms with Crippen LogP contribution in [0.25, 0.3) is 0 Å². The van der Waals surface area contributed by atoms with E-state index in [-0.39, 0.29) is 0 Å². The van der Waals surface area contributed by atoms with Crippen LogP contribution in [0.2, 0.25) is 0 Å². The molecular weight excluding hydrogens is 136 g/mol. The van der Waals surface area contributed by atoms with Gasteiger partial charge in [0.2, 0.25) is 0 Å². The van der Waals surface area contributed by atoms with E-state index in [9.17, 15) is 0 Å². The first-order valence-corrected chi connectivity index (χ1v) is 3.99. The molecule has 0 saturated carbocycles. The Labute approximate surface area is 67.6 Å². The first kappa shape index (κ1) is 8.05. The third kappa shape index (κ3) is 1.93. The van der Waals surface area contributed by atoms with E-state index in [1.54, 1.807) is 0 Å². The number of hydrogen-bond acceptors (Lipinski definition) is 1. The molecule has 0 atom stereocenters. The van der Waals surface area contributed by atoms with Crippen molar-refractivity contribution >= 4 is 0 Å². The Bertz CT molecular complexity index is 225. The van der Waals surface area contributed by atoms with Crippen LogP contribution >= 0.6 is 0 Å². The van der Waals surface area contributed by atoms with Crippen LogP contribution in [0.15, 0.2) is 25.0 Å². The van der Waals surface area contributed by atoms with Crippen molar-refractivity contribution in [3.8, 4) is 0 Å². The molecule has 0 radical (unpaired) electrons. The maximum atomic E-state index is 4.22. The Hall–Kier alpha value is -1.05. The van der Waals surface area contributed by atoms with Crippen molar-refractivity contribution in [2.75, 3.05) is 0 Å². The van der Waals surface area contributed by atoms with Gasteiger partial charge in [-0.15, -0.1) is 6.58 Å². The molecule has 0 aromatic carbocycles. The van der Waals surface area contributed by atoms with Crippen molar-refractivity contribution in [2.24, 2.45) is 0 Å². The molecule has 2 heteroatoms. The van der Waals surface area contributed by atoms with Gasteiger partial charge in [0, 0.05) is 25.4 Å². The molecule has 1 aromatic rings. The zero-order chi connectivity index (χ0) is 8.10. The van der Waals surface area contributed by atoms with Gasteiger partial charge in [0.1, 0.15) is 5.82 Å². The van der Waals surface area contributed by atoms with Crippen LogP contribution in [-0.2, 0) is 13.0 Å². The topological polar surface area (TPSA) is 17.8 Å². The molecule has 60 valence electrons. The van der Waals surface area contributed by atoms with Gasteiger partial charge in [-0.2, -0.15) is 0 Å². The van der Waals surface area contributed by atoms with E-state index < -0.39 is 0 Å². The molecule has 0 aliphatic carbocycles. The minimum atomic E-state index is 0.868. The van der Waals surface area contributed by atoms with Crippen molar-refractivity contribution in [1.29, 1.82) is 0 Å². The fraction of sp³-hybridized carbons (Fsp3) is 0.444. The number of nitrogens with zero attached hydrogens (tertiary/aromatic N) is 2. The molecule has 0 aliphatic rings. The van der Waals surface area contributed by atoms with Crippen molar-refractivity contribution in [2.45, 2.75) is 26.3 Å². The predicted molar refractivity (Wildman–Crippen MR) is 46.4 cm³/mol. The van der Waals surface area contributed by atoms with Crippen LogP contribution in [0.5, 0.6) is 0 Å². The summed E-state index contributed by atoms with van der Waals surface area (Å²) < 4.78 is 2.17. The van der Waals surface area contributed by atoms with Gasteiger partial charge in [-0.1, -0.05) is 13.0 Å². The first-order chi connectivity index (χ1) is 5.38. The maximum Gasteiger partial charge on any atom is 0.112 e. The largest absolute Gasteiger partial charge is 0.335 e. The summed E-state index contributed by atoms with van der Waals surface area (Å²) in [7, 11) is 0. The lowest BCUT2D eigenvalue weighted by Gasteiger charge is -2.02. The number of hydrogen-bond donors (Lipinski definition) is 0. The lowest BCUT2D eigenvalue weighted by atomic mass is 10.4. The summed E-state index contributed by atoms with van der Waals surface area (Å²) in [5.74, 6) is 1.11. The fourth-order valence-electron chi connectivity index (χ4n) is 1.10. The molecule has 2 nitrogen and oxygen atoms in total. The first-order valence-electron chi connectivity index (χ1n) is 3.99. The minimum absolute atomic E-state index is 0.868. The Morgan fingerprint density at radius 2 is 2.55 bits per heavy atom. The van der Waals surface area contributed by atoms with Crippen LogP contribution in [0.1, 0.15) is 19.2 Å². The second kappa shape index (κ2) is 3.96. The molecule has 0 spiro atoms. The SMILES string of the molecule is C=CCc1nccn1CCC. The van der Waals surface area contributed by atoms with E-state index in [0.717, 1.165) is 25.2 Å². The Kier molecular flexibility index (Phi) is 2.90. The summed E-state index contributed by atoms with van der Waals surface area (Å²) in [6.07, 6.45) is 7.76. The molecule has 0 fully saturated rings. The highest BCUT2D eigenvalue weighted by Gasteiger charge is 1.97. The number of aromatic nitrogens is 2. The van der Waals surface area contributed by atoms with Gasteiger partial charge in [-0.25, -0.2) is 4.98 Å². The summed E-state index contributed by atoms with van der Waals surface area (Å²) in [6, 6.07) is 0.